The number of esters is 1. The van der Waals surface area contributed by atoms with Crippen molar-refractivity contribution in [3.8, 4) is 22.4 Å². The zero-order valence-electron chi connectivity index (χ0n) is 15.9. The van der Waals surface area contributed by atoms with Gasteiger partial charge in [0.1, 0.15) is 11.5 Å². The molecule has 146 valence electrons. The van der Waals surface area contributed by atoms with Crippen molar-refractivity contribution < 1.29 is 13.9 Å². The Morgan fingerprint density at radius 2 is 1.79 bits per heavy atom. The van der Waals surface area contributed by atoms with E-state index in [-0.39, 0.29) is 5.82 Å². The molecular weight excluding hydrogens is 369 g/mol. The fraction of sp³-hybridized carbons (Fsp3) is 0.130. The van der Waals surface area contributed by atoms with E-state index >= 15 is 0 Å². The number of nitrogens with zero attached hydrogens (tertiary/aromatic N) is 2. The second-order valence-electron chi connectivity index (χ2n) is 6.64. The molecule has 0 fully saturated rings. The van der Waals surface area contributed by atoms with Crippen LogP contribution in [0.3, 0.4) is 0 Å². The van der Waals surface area contributed by atoms with Crippen LogP contribution in [0.4, 0.5) is 4.39 Å². The SMILES string of the molecule is CCOC(=O)c1cc(-c2cn(Cc3ccc(F)cc3)cc2-c2ccccc2)n[nH]1. The van der Waals surface area contributed by atoms with Gasteiger partial charge in [-0.3, -0.25) is 5.10 Å². The molecule has 0 amide bonds. The van der Waals surface area contributed by atoms with Gasteiger partial charge in [0.2, 0.25) is 0 Å². The summed E-state index contributed by atoms with van der Waals surface area (Å²) in [5.74, 6) is -0.687. The molecule has 0 aliphatic carbocycles. The Balaban J connectivity index is 1.72. The predicted molar refractivity (Wildman–Crippen MR) is 109 cm³/mol. The molecule has 0 aliphatic heterocycles. The Bertz CT molecular complexity index is 1110. The van der Waals surface area contributed by atoms with E-state index in [1.54, 1.807) is 25.1 Å². The molecule has 4 aromatic rings. The normalized spacial score (nSPS) is 10.8. The minimum Gasteiger partial charge on any atom is -0.461 e. The Morgan fingerprint density at radius 3 is 2.52 bits per heavy atom. The molecule has 4 rings (SSSR count). The van der Waals surface area contributed by atoms with Crippen LogP contribution in [0.2, 0.25) is 0 Å². The van der Waals surface area contributed by atoms with Gasteiger partial charge in [0, 0.05) is 30.1 Å². The summed E-state index contributed by atoms with van der Waals surface area (Å²) in [4.78, 5) is 12.0. The summed E-state index contributed by atoms with van der Waals surface area (Å²) < 4.78 is 20.3. The van der Waals surface area contributed by atoms with Crippen LogP contribution in [0, 0.1) is 5.82 Å². The number of hydrogen-bond donors (Lipinski definition) is 1. The Kier molecular flexibility index (Phi) is 5.24. The zero-order chi connectivity index (χ0) is 20.2. The van der Waals surface area contributed by atoms with Crippen molar-refractivity contribution in [3.63, 3.8) is 0 Å². The van der Waals surface area contributed by atoms with Crippen molar-refractivity contribution in [2.45, 2.75) is 13.5 Å². The fourth-order valence-electron chi connectivity index (χ4n) is 3.22. The van der Waals surface area contributed by atoms with Gasteiger partial charge in [-0.15, -0.1) is 0 Å². The van der Waals surface area contributed by atoms with Crippen LogP contribution in [0.25, 0.3) is 22.4 Å². The van der Waals surface area contributed by atoms with E-state index in [9.17, 15) is 9.18 Å². The third-order valence-electron chi connectivity index (χ3n) is 4.59. The van der Waals surface area contributed by atoms with Crippen LogP contribution in [0.1, 0.15) is 23.0 Å². The van der Waals surface area contributed by atoms with Crippen LogP contribution < -0.4 is 0 Å². The van der Waals surface area contributed by atoms with Crippen LogP contribution >= 0.6 is 0 Å². The van der Waals surface area contributed by atoms with E-state index < -0.39 is 5.97 Å². The summed E-state index contributed by atoms with van der Waals surface area (Å²) in [7, 11) is 0. The lowest BCUT2D eigenvalue weighted by Crippen LogP contribution is -2.04. The first-order chi connectivity index (χ1) is 14.1. The molecule has 5 nitrogen and oxygen atoms in total. The third kappa shape index (κ3) is 4.11. The maximum atomic E-state index is 13.2. The van der Waals surface area contributed by atoms with Gasteiger partial charge in [0.25, 0.3) is 0 Å². The van der Waals surface area contributed by atoms with Gasteiger partial charge in [0.05, 0.1) is 12.3 Å². The predicted octanol–water partition coefficient (Wildman–Crippen LogP) is 4.91. The van der Waals surface area contributed by atoms with Crippen LogP contribution in [-0.2, 0) is 11.3 Å². The number of hydrogen-bond acceptors (Lipinski definition) is 3. The molecule has 2 aromatic carbocycles. The summed E-state index contributed by atoms with van der Waals surface area (Å²) in [6.07, 6.45) is 4.02. The van der Waals surface area contributed by atoms with Crippen molar-refractivity contribution in [2.24, 2.45) is 0 Å². The highest BCUT2D eigenvalue weighted by Crippen LogP contribution is 2.32. The molecule has 0 saturated heterocycles. The van der Waals surface area contributed by atoms with E-state index in [1.807, 2.05) is 47.3 Å². The molecule has 29 heavy (non-hydrogen) atoms. The number of carbonyl (C=O) groups excluding carboxylic acids is 1. The molecule has 0 aliphatic rings. The molecular formula is C23H20FN3O2. The number of aromatic amines is 1. The largest absolute Gasteiger partial charge is 0.461 e. The first kappa shape index (κ1) is 18.7. The molecule has 2 aromatic heterocycles. The van der Waals surface area contributed by atoms with Crippen molar-refractivity contribution in [3.05, 3.63) is 90.1 Å². The number of rotatable bonds is 6. The van der Waals surface area contributed by atoms with Crippen molar-refractivity contribution >= 4 is 5.97 Å². The number of benzene rings is 2. The minimum absolute atomic E-state index is 0.255. The smallest absolute Gasteiger partial charge is 0.356 e. The highest BCUT2D eigenvalue weighted by Gasteiger charge is 2.17. The Morgan fingerprint density at radius 1 is 1.07 bits per heavy atom. The Hall–Kier alpha value is -3.67. The number of ether oxygens (including phenoxy) is 1. The lowest BCUT2D eigenvalue weighted by atomic mass is 10.0. The first-order valence-electron chi connectivity index (χ1n) is 9.36. The lowest BCUT2D eigenvalue weighted by Gasteiger charge is -2.03. The quantitative estimate of drug-likeness (QED) is 0.477. The van der Waals surface area contributed by atoms with Crippen LogP contribution in [0.5, 0.6) is 0 Å². The third-order valence-corrected chi connectivity index (χ3v) is 4.59. The number of aromatic nitrogens is 3. The minimum atomic E-state index is -0.432. The monoisotopic (exact) mass is 389 g/mol. The van der Waals surface area contributed by atoms with Crippen molar-refractivity contribution in [1.29, 1.82) is 0 Å². The first-order valence-corrected chi connectivity index (χ1v) is 9.36. The summed E-state index contributed by atoms with van der Waals surface area (Å²) >= 11 is 0. The van der Waals surface area contributed by atoms with Crippen LogP contribution in [-0.4, -0.2) is 27.3 Å². The van der Waals surface area contributed by atoms with Gasteiger partial charge >= 0.3 is 5.97 Å². The second-order valence-corrected chi connectivity index (χ2v) is 6.64. The molecule has 6 heteroatoms. The van der Waals surface area contributed by atoms with Gasteiger partial charge < -0.3 is 9.30 Å². The second kappa shape index (κ2) is 8.14. The molecule has 1 N–H and O–H groups in total. The summed E-state index contributed by atoms with van der Waals surface area (Å²) in [6.45, 7) is 2.66. The molecule has 0 radical (unpaired) electrons. The maximum Gasteiger partial charge on any atom is 0.356 e. The van der Waals surface area contributed by atoms with E-state index in [2.05, 4.69) is 10.2 Å². The van der Waals surface area contributed by atoms with Gasteiger partial charge in [0.15, 0.2) is 0 Å². The van der Waals surface area contributed by atoms with Crippen molar-refractivity contribution in [2.75, 3.05) is 6.61 Å². The highest BCUT2D eigenvalue weighted by molar-refractivity contribution is 5.90. The summed E-state index contributed by atoms with van der Waals surface area (Å²) in [5, 5.41) is 7.08. The van der Waals surface area contributed by atoms with Gasteiger partial charge in [-0.25, -0.2) is 9.18 Å². The fourth-order valence-corrected chi connectivity index (χ4v) is 3.22. The Labute approximate surface area is 167 Å². The number of carbonyl (C=O) groups is 1. The zero-order valence-corrected chi connectivity index (χ0v) is 15.9. The lowest BCUT2D eigenvalue weighted by molar-refractivity contribution is 0.0519. The van der Waals surface area contributed by atoms with Gasteiger partial charge in [-0.2, -0.15) is 5.10 Å². The molecule has 0 saturated carbocycles. The molecule has 0 unspecified atom stereocenters. The van der Waals surface area contributed by atoms with Crippen LogP contribution in [0.15, 0.2) is 73.1 Å². The molecule has 0 spiro atoms. The standard InChI is InChI=1S/C23H20FN3O2/c1-2-29-23(28)22-12-21(25-26-22)20-15-27(13-16-8-10-18(24)11-9-16)14-19(20)17-6-4-3-5-7-17/h3-12,14-15H,2,13H2,1H3,(H,25,26). The molecule has 0 bridgehead atoms. The maximum absolute atomic E-state index is 13.2. The van der Waals surface area contributed by atoms with Gasteiger partial charge in [-0.05, 0) is 36.2 Å². The number of nitrogens with one attached hydrogen (secondary N) is 1. The number of H-pyrrole nitrogens is 1. The summed E-state index contributed by atoms with van der Waals surface area (Å²) in [5.41, 5.74) is 4.89. The topological polar surface area (TPSA) is 59.9 Å². The van der Waals surface area contributed by atoms with Crippen molar-refractivity contribution in [1.82, 2.24) is 14.8 Å². The van der Waals surface area contributed by atoms with Gasteiger partial charge in [-0.1, -0.05) is 42.5 Å². The van der Waals surface area contributed by atoms with E-state index in [1.165, 1.54) is 12.1 Å². The number of halogens is 1. The molecule has 0 atom stereocenters. The van der Waals surface area contributed by atoms with E-state index in [0.717, 1.165) is 22.3 Å². The molecule has 2 heterocycles. The average molecular weight is 389 g/mol. The average Bonchev–Trinajstić information content (AvgIpc) is 3.38. The van der Waals surface area contributed by atoms with E-state index in [0.29, 0.717) is 24.5 Å². The summed E-state index contributed by atoms with van der Waals surface area (Å²) in [6, 6.07) is 18.1. The van der Waals surface area contributed by atoms with E-state index in [4.69, 9.17) is 4.74 Å². The highest BCUT2D eigenvalue weighted by atomic mass is 19.1.